The SMILES string of the molecule is COCCNCc1ccncc1-c1nc(-c2ccc(C#N)cc2)cs1. The van der Waals surface area contributed by atoms with Gasteiger partial charge in [-0.25, -0.2) is 4.98 Å². The third kappa shape index (κ3) is 4.28. The smallest absolute Gasteiger partial charge is 0.125 e. The molecule has 6 heteroatoms. The number of ether oxygens (including phenoxy) is 1. The molecule has 3 rings (SSSR count). The van der Waals surface area contributed by atoms with E-state index in [1.54, 1.807) is 24.6 Å². The van der Waals surface area contributed by atoms with Crippen molar-refractivity contribution in [2.24, 2.45) is 0 Å². The summed E-state index contributed by atoms with van der Waals surface area (Å²) in [7, 11) is 1.69. The third-order valence-electron chi connectivity index (χ3n) is 3.75. The highest BCUT2D eigenvalue weighted by Gasteiger charge is 2.11. The fourth-order valence-electron chi connectivity index (χ4n) is 2.41. The van der Waals surface area contributed by atoms with Crippen molar-refractivity contribution in [3.8, 4) is 27.9 Å². The van der Waals surface area contributed by atoms with Gasteiger partial charge in [-0.1, -0.05) is 12.1 Å². The number of hydrogen-bond acceptors (Lipinski definition) is 6. The second kappa shape index (κ2) is 8.49. The van der Waals surface area contributed by atoms with Crippen molar-refractivity contribution >= 4 is 11.3 Å². The van der Waals surface area contributed by atoms with Crippen LogP contribution in [0.5, 0.6) is 0 Å². The maximum absolute atomic E-state index is 8.90. The molecule has 0 atom stereocenters. The van der Waals surface area contributed by atoms with Gasteiger partial charge in [-0.2, -0.15) is 5.26 Å². The molecule has 126 valence electrons. The number of methoxy groups -OCH3 is 1. The van der Waals surface area contributed by atoms with E-state index in [0.29, 0.717) is 12.2 Å². The van der Waals surface area contributed by atoms with Gasteiger partial charge in [0.05, 0.1) is 23.9 Å². The summed E-state index contributed by atoms with van der Waals surface area (Å²) in [6.07, 6.45) is 3.65. The van der Waals surface area contributed by atoms with Crippen LogP contribution in [0.2, 0.25) is 0 Å². The Balaban J connectivity index is 1.81. The van der Waals surface area contributed by atoms with Crippen molar-refractivity contribution in [3.63, 3.8) is 0 Å². The molecule has 0 amide bonds. The maximum atomic E-state index is 8.90. The molecule has 0 bridgehead atoms. The second-order valence-corrected chi connectivity index (χ2v) is 6.29. The Morgan fingerprint density at radius 1 is 1.24 bits per heavy atom. The summed E-state index contributed by atoms with van der Waals surface area (Å²) in [5, 5.41) is 15.2. The lowest BCUT2D eigenvalue weighted by molar-refractivity contribution is 0.199. The first-order valence-electron chi connectivity index (χ1n) is 7.91. The Labute approximate surface area is 151 Å². The van der Waals surface area contributed by atoms with Crippen LogP contribution in [0, 0.1) is 11.3 Å². The minimum atomic E-state index is 0.649. The van der Waals surface area contributed by atoms with Crippen molar-refractivity contribution in [1.82, 2.24) is 15.3 Å². The van der Waals surface area contributed by atoms with Crippen LogP contribution >= 0.6 is 11.3 Å². The number of nitrogens with one attached hydrogen (secondary N) is 1. The average molecular weight is 350 g/mol. The van der Waals surface area contributed by atoms with Crippen LogP contribution in [-0.4, -0.2) is 30.2 Å². The van der Waals surface area contributed by atoms with Gasteiger partial charge in [0.2, 0.25) is 0 Å². The van der Waals surface area contributed by atoms with Crippen LogP contribution in [0.3, 0.4) is 0 Å². The number of rotatable bonds is 7. The molecule has 0 spiro atoms. The Hall–Kier alpha value is -2.59. The van der Waals surface area contributed by atoms with Crippen molar-refractivity contribution < 1.29 is 4.74 Å². The zero-order chi connectivity index (χ0) is 17.5. The Kier molecular flexibility index (Phi) is 5.86. The third-order valence-corrected chi connectivity index (χ3v) is 4.63. The van der Waals surface area contributed by atoms with E-state index in [4.69, 9.17) is 15.0 Å². The van der Waals surface area contributed by atoms with Gasteiger partial charge in [0.25, 0.3) is 0 Å². The zero-order valence-corrected chi connectivity index (χ0v) is 14.7. The van der Waals surface area contributed by atoms with Gasteiger partial charge in [-0.3, -0.25) is 4.98 Å². The molecule has 2 aromatic heterocycles. The van der Waals surface area contributed by atoms with Gasteiger partial charge in [0.15, 0.2) is 0 Å². The number of hydrogen-bond donors (Lipinski definition) is 1. The summed E-state index contributed by atoms with van der Waals surface area (Å²) in [6, 6.07) is 11.6. The van der Waals surface area contributed by atoms with Gasteiger partial charge in [0, 0.05) is 49.1 Å². The quantitative estimate of drug-likeness (QED) is 0.661. The molecular weight excluding hydrogens is 332 g/mol. The molecule has 0 aliphatic rings. The molecule has 2 heterocycles. The molecule has 0 unspecified atom stereocenters. The predicted octanol–water partition coefficient (Wildman–Crippen LogP) is 3.48. The largest absolute Gasteiger partial charge is 0.383 e. The minimum absolute atomic E-state index is 0.649. The molecule has 1 aromatic carbocycles. The fourth-order valence-corrected chi connectivity index (χ4v) is 3.29. The highest BCUT2D eigenvalue weighted by Crippen LogP contribution is 2.30. The highest BCUT2D eigenvalue weighted by molar-refractivity contribution is 7.13. The first-order chi connectivity index (χ1) is 12.3. The van der Waals surface area contributed by atoms with Gasteiger partial charge >= 0.3 is 0 Å². The maximum Gasteiger partial charge on any atom is 0.125 e. The molecule has 1 N–H and O–H groups in total. The summed E-state index contributed by atoms with van der Waals surface area (Å²) >= 11 is 1.60. The predicted molar refractivity (Wildman–Crippen MR) is 99.1 cm³/mol. The molecule has 5 nitrogen and oxygen atoms in total. The van der Waals surface area contributed by atoms with E-state index in [-0.39, 0.29) is 0 Å². The molecule has 0 saturated carbocycles. The normalized spacial score (nSPS) is 10.6. The number of pyridine rings is 1. The van der Waals surface area contributed by atoms with E-state index >= 15 is 0 Å². The van der Waals surface area contributed by atoms with E-state index in [1.165, 1.54) is 0 Å². The van der Waals surface area contributed by atoms with E-state index in [9.17, 15) is 0 Å². The first kappa shape index (κ1) is 17.2. The topological polar surface area (TPSA) is 70.8 Å². The van der Waals surface area contributed by atoms with Crippen molar-refractivity contribution in [1.29, 1.82) is 5.26 Å². The van der Waals surface area contributed by atoms with Crippen LogP contribution in [0.25, 0.3) is 21.8 Å². The number of thiazole rings is 1. The van der Waals surface area contributed by atoms with Crippen molar-refractivity contribution in [2.45, 2.75) is 6.54 Å². The van der Waals surface area contributed by atoms with Crippen molar-refractivity contribution in [2.75, 3.05) is 20.3 Å². The fraction of sp³-hybridized carbons (Fsp3) is 0.211. The van der Waals surface area contributed by atoms with Crippen LogP contribution < -0.4 is 5.32 Å². The Bertz CT molecular complexity index is 868. The van der Waals surface area contributed by atoms with Gasteiger partial charge in [-0.05, 0) is 23.8 Å². The molecule has 0 saturated heterocycles. The number of benzene rings is 1. The highest BCUT2D eigenvalue weighted by atomic mass is 32.1. The Morgan fingerprint density at radius 3 is 2.84 bits per heavy atom. The molecule has 0 radical (unpaired) electrons. The van der Waals surface area contributed by atoms with E-state index in [0.717, 1.165) is 40.5 Å². The van der Waals surface area contributed by atoms with Crippen LogP contribution in [-0.2, 0) is 11.3 Å². The van der Waals surface area contributed by atoms with E-state index in [2.05, 4.69) is 16.4 Å². The summed E-state index contributed by atoms with van der Waals surface area (Å²) in [5.74, 6) is 0. The lowest BCUT2D eigenvalue weighted by Gasteiger charge is -2.08. The van der Waals surface area contributed by atoms with Gasteiger partial charge < -0.3 is 10.1 Å². The summed E-state index contributed by atoms with van der Waals surface area (Å²) in [5.41, 5.74) is 4.76. The summed E-state index contributed by atoms with van der Waals surface area (Å²) in [4.78, 5) is 9.00. The van der Waals surface area contributed by atoms with Gasteiger partial charge in [-0.15, -0.1) is 11.3 Å². The van der Waals surface area contributed by atoms with Crippen molar-refractivity contribution in [3.05, 3.63) is 59.2 Å². The molecule has 0 fully saturated rings. The first-order valence-corrected chi connectivity index (χ1v) is 8.79. The van der Waals surface area contributed by atoms with E-state index in [1.807, 2.05) is 41.9 Å². The number of aromatic nitrogens is 2. The number of nitrogens with zero attached hydrogens (tertiary/aromatic N) is 3. The van der Waals surface area contributed by atoms with E-state index < -0.39 is 0 Å². The zero-order valence-electron chi connectivity index (χ0n) is 13.9. The summed E-state index contributed by atoms with van der Waals surface area (Å²) in [6.45, 7) is 2.22. The van der Waals surface area contributed by atoms with Crippen LogP contribution in [0.4, 0.5) is 0 Å². The van der Waals surface area contributed by atoms with Crippen LogP contribution in [0.1, 0.15) is 11.1 Å². The molecule has 0 aliphatic heterocycles. The van der Waals surface area contributed by atoms with Gasteiger partial charge in [0.1, 0.15) is 5.01 Å². The molecule has 25 heavy (non-hydrogen) atoms. The minimum Gasteiger partial charge on any atom is -0.383 e. The van der Waals surface area contributed by atoms with Crippen LogP contribution in [0.15, 0.2) is 48.1 Å². The Morgan fingerprint density at radius 2 is 2.08 bits per heavy atom. The number of nitriles is 1. The lowest BCUT2D eigenvalue weighted by atomic mass is 10.1. The second-order valence-electron chi connectivity index (χ2n) is 5.43. The summed E-state index contributed by atoms with van der Waals surface area (Å²) < 4.78 is 5.06. The lowest BCUT2D eigenvalue weighted by Crippen LogP contribution is -2.19. The average Bonchev–Trinajstić information content (AvgIpc) is 3.15. The standard InChI is InChI=1S/C19H18N4OS/c1-24-9-8-22-11-16-6-7-21-12-17(16)19-23-18(13-25-19)15-4-2-14(10-20)3-5-15/h2-7,12-13,22H,8-9,11H2,1H3. The monoisotopic (exact) mass is 350 g/mol. The molecule has 3 aromatic rings. The molecular formula is C19H18N4OS. The molecule has 0 aliphatic carbocycles.